The van der Waals surface area contributed by atoms with Crippen molar-refractivity contribution in [2.75, 3.05) is 7.05 Å². The Labute approximate surface area is 111 Å². The van der Waals surface area contributed by atoms with Gasteiger partial charge in [0.2, 0.25) is 0 Å². The van der Waals surface area contributed by atoms with Gasteiger partial charge in [0.05, 0.1) is 6.17 Å². The van der Waals surface area contributed by atoms with Gasteiger partial charge < -0.3 is 5.32 Å². The maximum absolute atomic E-state index is 12.8. The number of hydrogen-bond donors (Lipinski definition) is 1. The van der Waals surface area contributed by atoms with Gasteiger partial charge in [0.25, 0.3) is 0 Å². The summed E-state index contributed by atoms with van der Waals surface area (Å²) in [4.78, 5) is 1.16. The van der Waals surface area contributed by atoms with E-state index in [-0.39, 0.29) is 5.54 Å². The first-order chi connectivity index (χ1) is 8.04. The monoisotopic (exact) mass is 259 g/mol. The average molecular weight is 259 g/mol. The van der Waals surface area contributed by atoms with Crippen molar-refractivity contribution in [1.82, 2.24) is 5.32 Å². The number of nitrogens with one attached hydrogen (secondary N) is 1. The number of halogens is 1. The predicted molar refractivity (Wildman–Crippen MR) is 76.4 cm³/mol. The molecule has 0 heterocycles. The minimum absolute atomic E-state index is 0.0852. The van der Waals surface area contributed by atoms with Crippen LogP contribution in [0.4, 0.5) is 4.39 Å². The Morgan fingerprint density at radius 3 is 2.47 bits per heavy atom. The van der Waals surface area contributed by atoms with Gasteiger partial charge >= 0.3 is 0 Å². The molecule has 17 heavy (non-hydrogen) atoms. The van der Waals surface area contributed by atoms with Crippen molar-refractivity contribution in [3.8, 4) is 0 Å². The lowest BCUT2D eigenvalue weighted by Gasteiger charge is -2.40. The van der Waals surface area contributed by atoms with Gasteiger partial charge in [-0.15, -0.1) is 0 Å². The van der Waals surface area contributed by atoms with Gasteiger partial charge in [-0.25, -0.2) is 4.39 Å². The molecule has 1 rings (SSSR count). The Kier molecular flexibility index (Phi) is 6.01. The molecule has 100 valence electrons. The van der Waals surface area contributed by atoms with Crippen molar-refractivity contribution in [3.63, 3.8) is 0 Å². The molecule has 0 spiro atoms. The molecule has 1 N–H and O–H groups in total. The van der Waals surface area contributed by atoms with Crippen LogP contribution in [-0.4, -0.2) is 23.6 Å². The highest BCUT2D eigenvalue weighted by Gasteiger charge is 2.36. The molecule has 3 heteroatoms. The van der Waals surface area contributed by atoms with Crippen molar-refractivity contribution in [1.29, 1.82) is 0 Å². The van der Waals surface area contributed by atoms with Crippen molar-refractivity contribution in [2.45, 2.75) is 70.5 Å². The number of hydrogen-bond acceptors (Lipinski definition) is 2. The summed E-state index contributed by atoms with van der Waals surface area (Å²) < 4.78 is 12.8. The van der Waals surface area contributed by atoms with E-state index in [9.17, 15) is 4.39 Å². The SMILES string of the molecule is CCC(=S)C1(NC)CCC(CCC(C)F)CC1. The van der Waals surface area contributed by atoms with E-state index in [1.807, 2.05) is 7.05 Å². The van der Waals surface area contributed by atoms with Crippen molar-refractivity contribution in [2.24, 2.45) is 5.92 Å². The Balaban J connectivity index is 2.45. The summed E-state index contributed by atoms with van der Waals surface area (Å²) >= 11 is 5.51. The van der Waals surface area contributed by atoms with Gasteiger partial charge in [-0.2, -0.15) is 0 Å². The minimum atomic E-state index is -0.650. The van der Waals surface area contributed by atoms with E-state index < -0.39 is 6.17 Å². The molecule has 0 saturated heterocycles. The van der Waals surface area contributed by atoms with Gasteiger partial charge in [0, 0.05) is 10.4 Å². The van der Waals surface area contributed by atoms with Crippen LogP contribution in [0.3, 0.4) is 0 Å². The summed E-state index contributed by atoms with van der Waals surface area (Å²) in [5.74, 6) is 0.703. The molecule has 0 amide bonds. The Morgan fingerprint density at radius 1 is 1.47 bits per heavy atom. The Hall–Kier alpha value is -0.0200. The Bertz CT molecular complexity index is 245. The molecule has 1 fully saturated rings. The van der Waals surface area contributed by atoms with Gasteiger partial charge in [-0.1, -0.05) is 19.1 Å². The second-order valence-electron chi connectivity index (χ2n) is 5.41. The molecule has 1 unspecified atom stereocenters. The normalized spacial score (nSPS) is 31.2. The van der Waals surface area contributed by atoms with Crippen molar-refractivity contribution >= 4 is 17.1 Å². The molecule has 0 bridgehead atoms. The van der Waals surface area contributed by atoms with Gasteiger partial charge in [-0.05, 0) is 64.8 Å². The third kappa shape index (κ3) is 3.99. The van der Waals surface area contributed by atoms with Crippen LogP contribution in [0, 0.1) is 5.92 Å². The van der Waals surface area contributed by atoms with Crippen molar-refractivity contribution in [3.05, 3.63) is 0 Å². The largest absolute Gasteiger partial charge is 0.310 e. The molecular weight excluding hydrogens is 233 g/mol. The topological polar surface area (TPSA) is 12.0 Å². The smallest absolute Gasteiger partial charge is 0.0973 e. The molecule has 1 atom stereocenters. The standard InChI is InChI=1S/C14H26FNS/c1-4-13(17)14(16-3)9-7-12(8-10-14)6-5-11(2)15/h11-12,16H,4-10H2,1-3H3. The van der Waals surface area contributed by atoms with E-state index in [4.69, 9.17) is 12.2 Å². The van der Waals surface area contributed by atoms with Crippen LogP contribution in [-0.2, 0) is 0 Å². The minimum Gasteiger partial charge on any atom is -0.310 e. The predicted octanol–water partition coefficient (Wildman–Crippen LogP) is 4.05. The fourth-order valence-electron chi connectivity index (χ4n) is 2.93. The molecule has 1 saturated carbocycles. The van der Waals surface area contributed by atoms with Crippen LogP contribution < -0.4 is 5.32 Å². The van der Waals surface area contributed by atoms with Crippen LogP contribution in [0.25, 0.3) is 0 Å². The lowest BCUT2D eigenvalue weighted by Crippen LogP contribution is -2.51. The highest BCUT2D eigenvalue weighted by Crippen LogP contribution is 2.36. The second-order valence-corrected chi connectivity index (χ2v) is 5.90. The lowest BCUT2D eigenvalue weighted by molar-refractivity contribution is 0.227. The maximum atomic E-state index is 12.8. The first-order valence-electron chi connectivity index (χ1n) is 6.90. The van der Waals surface area contributed by atoms with E-state index in [1.54, 1.807) is 6.92 Å². The molecule has 0 aliphatic heterocycles. The zero-order valence-electron chi connectivity index (χ0n) is 11.4. The molecule has 1 aliphatic carbocycles. The van der Waals surface area contributed by atoms with E-state index in [2.05, 4.69) is 12.2 Å². The van der Waals surface area contributed by atoms with E-state index in [0.29, 0.717) is 5.92 Å². The second kappa shape index (κ2) is 6.79. The zero-order chi connectivity index (χ0) is 12.9. The summed E-state index contributed by atoms with van der Waals surface area (Å²) in [7, 11) is 2.02. The molecule has 1 aliphatic rings. The highest BCUT2D eigenvalue weighted by atomic mass is 32.1. The van der Waals surface area contributed by atoms with Crippen LogP contribution in [0.2, 0.25) is 0 Å². The summed E-state index contributed by atoms with van der Waals surface area (Å²) in [5.41, 5.74) is 0.0852. The molecule has 0 aromatic rings. The van der Waals surface area contributed by atoms with E-state index in [0.717, 1.165) is 37.0 Å². The van der Waals surface area contributed by atoms with Gasteiger partial charge in [0.1, 0.15) is 0 Å². The number of alkyl halides is 1. The summed E-state index contributed by atoms with van der Waals surface area (Å²) in [6.07, 6.45) is 6.71. The maximum Gasteiger partial charge on any atom is 0.0973 e. The van der Waals surface area contributed by atoms with Gasteiger partial charge in [0.15, 0.2) is 0 Å². The highest BCUT2D eigenvalue weighted by molar-refractivity contribution is 7.80. The first-order valence-corrected chi connectivity index (χ1v) is 7.31. The van der Waals surface area contributed by atoms with E-state index >= 15 is 0 Å². The third-order valence-electron chi connectivity index (χ3n) is 4.26. The summed E-state index contributed by atoms with van der Waals surface area (Å²) in [6.45, 7) is 3.80. The van der Waals surface area contributed by atoms with Crippen LogP contribution in [0.1, 0.15) is 58.8 Å². The third-order valence-corrected chi connectivity index (χ3v) is 4.94. The van der Waals surface area contributed by atoms with Crippen LogP contribution >= 0.6 is 12.2 Å². The van der Waals surface area contributed by atoms with Crippen LogP contribution in [0.15, 0.2) is 0 Å². The first kappa shape index (κ1) is 15.0. The Morgan fingerprint density at radius 2 is 2.06 bits per heavy atom. The van der Waals surface area contributed by atoms with Gasteiger partial charge in [-0.3, -0.25) is 0 Å². The van der Waals surface area contributed by atoms with E-state index in [1.165, 1.54) is 12.8 Å². The summed E-state index contributed by atoms with van der Waals surface area (Å²) in [6, 6.07) is 0. The molecule has 0 radical (unpaired) electrons. The molecule has 0 aromatic heterocycles. The number of rotatable bonds is 6. The fraction of sp³-hybridized carbons (Fsp3) is 0.929. The fourth-order valence-corrected chi connectivity index (χ4v) is 3.24. The number of thiocarbonyl (C=S) groups is 1. The molecular formula is C14H26FNS. The average Bonchev–Trinajstić information content (AvgIpc) is 2.36. The quantitative estimate of drug-likeness (QED) is 0.722. The molecule has 0 aromatic carbocycles. The zero-order valence-corrected chi connectivity index (χ0v) is 12.2. The lowest BCUT2D eigenvalue weighted by atomic mass is 9.73. The summed E-state index contributed by atoms with van der Waals surface area (Å²) in [5, 5.41) is 3.44. The van der Waals surface area contributed by atoms with Crippen LogP contribution in [0.5, 0.6) is 0 Å². The molecule has 1 nitrogen and oxygen atoms in total. The van der Waals surface area contributed by atoms with Crippen molar-refractivity contribution < 1.29 is 4.39 Å².